The van der Waals surface area contributed by atoms with Crippen molar-refractivity contribution in [2.24, 2.45) is 0 Å². The van der Waals surface area contributed by atoms with Crippen molar-refractivity contribution >= 4 is 6.03 Å². The van der Waals surface area contributed by atoms with Gasteiger partial charge in [-0.05, 0) is 12.8 Å². The topological polar surface area (TPSA) is 78.5 Å². The van der Waals surface area contributed by atoms with Crippen molar-refractivity contribution in [1.29, 1.82) is 0 Å². The minimum atomic E-state index is -0.704. The summed E-state index contributed by atoms with van der Waals surface area (Å²) in [7, 11) is 0. The Labute approximate surface area is 109 Å². The monoisotopic (exact) mass is 266 g/mol. The van der Waals surface area contributed by atoms with Crippen LogP contribution in [-0.2, 0) is 6.42 Å². The van der Waals surface area contributed by atoms with E-state index < -0.39 is 12.0 Å². The SMILES string of the molecule is CCCCCCc1c(F)nnn1C(=O)n1ccnn1. The molecule has 0 saturated heterocycles. The highest BCUT2D eigenvalue weighted by molar-refractivity contribution is 5.77. The first-order valence-electron chi connectivity index (χ1n) is 6.25. The lowest BCUT2D eigenvalue weighted by atomic mass is 10.1. The van der Waals surface area contributed by atoms with Crippen LogP contribution in [0.25, 0.3) is 0 Å². The molecule has 0 atom stereocenters. The van der Waals surface area contributed by atoms with Gasteiger partial charge in [0.1, 0.15) is 5.69 Å². The fraction of sp³-hybridized carbons (Fsp3) is 0.545. The molecule has 7 nitrogen and oxygen atoms in total. The molecule has 2 heterocycles. The number of halogens is 1. The molecule has 0 aliphatic heterocycles. The van der Waals surface area contributed by atoms with Crippen molar-refractivity contribution in [3.05, 3.63) is 24.0 Å². The summed E-state index contributed by atoms with van der Waals surface area (Å²) in [4.78, 5) is 12.0. The molecular formula is C11H15FN6O. The van der Waals surface area contributed by atoms with E-state index in [2.05, 4.69) is 27.5 Å². The van der Waals surface area contributed by atoms with Crippen molar-refractivity contribution in [2.45, 2.75) is 39.0 Å². The van der Waals surface area contributed by atoms with Crippen LogP contribution in [0.15, 0.2) is 12.4 Å². The van der Waals surface area contributed by atoms with Crippen LogP contribution in [0.4, 0.5) is 9.18 Å². The highest BCUT2D eigenvalue weighted by Gasteiger charge is 2.19. The van der Waals surface area contributed by atoms with E-state index in [1.54, 1.807) is 0 Å². The van der Waals surface area contributed by atoms with Gasteiger partial charge in [-0.1, -0.05) is 41.7 Å². The zero-order chi connectivity index (χ0) is 13.7. The van der Waals surface area contributed by atoms with Crippen LogP contribution in [0.3, 0.4) is 0 Å². The molecule has 2 rings (SSSR count). The molecule has 0 saturated carbocycles. The maximum absolute atomic E-state index is 13.5. The maximum atomic E-state index is 13.5. The van der Waals surface area contributed by atoms with Crippen LogP contribution < -0.4 is 0 Å². The van der Waals surface area contributed by atoms with Crippen molar-refractivity contribution in [2.75, 3.05) is 0 Å². The van der Waals surface area contributed by atoms with Gasteiger partial charge in [0, 0.05) is 0 Å². The lowest BCUT2D eigenvalue weighted by molar-refractivity contribution is 0.236. The average Bonchev–Trinajstić information content (AvgIpc) is 3.04. The summed E-state index contributed by atoms with van der Waals surface area (Å²) in [5, 5.41) is 13.9. The number of nitrogens with zero attached hydrogens (tertiary/aromatic N) is 6. The van der Waals surface area contributed by atoms with Gasteiger partial charge in [0.05, 0.1) is 12.4 Å². The maximum Gasteiger partial charge on any atom is 0.372 e. The molecule has 0 amide bonds. The van der Waals surface area contributed by atoms with E-state index in [4.69, 9.17) is 0 Å². The molecule has 0 fully saturated rings. The molecule has 2 aromatic rings. The molecule has 8 heteroatoms. The first-order chi connectivity index (χ1) is 9.24. The second kappa shape index (κ2) is 6.17. The van der Waals surface area contributed by atoms with Gasteiger partial charge in [0.15, 0.2) is 0 Å². The molecule has 19 heavy (non-hydrogen) atoms. The second-order valence-corrected chi connectivity index (χ2v) is 4.18. The van der Waals surface area contributed by atoms with Crippen LogP contribution in [0, 0.1) is 5.95 Å². The summed E-state index contributed by atoms with van der Waals surface area (Å²) >= 11 is 0. The van der Waals surface area contributed by atoms with E-state index in [-0.39, 0.29) is 5.69 Å². The first-order valence-corrected chi connectivity index (χ1v) is 6.25. The number of carbonyl (C=O) groups excluding carboxylic acids is 1. The molecule has 0 N–H and O–H groups in total. The number of unbranched alkanes of at least 4 members (excludes halogenated alkanes) is 3. The Balaban J connectivity index is 2.11. The van der Waals surface area contributed by atoms with Crippen molar-refractivity contribution in [3.8, 4) is 0 Å². The minimum absolute atomic E-state index is 0.191. The number of hydrogen-bond donors (Lipinski definition) is 0. The third kappa shape index (κ3) is 3.01. The highest BCUT2D eigenvalue weighted by Crippen LogP contribution is 2.10. The zero-order valence-corrected chi connectivity index (χ0v) is 10.7. The molecule has 2 aromatic heterocycles. The number of hydrogen-bond acceptors (Lipinski definition) is 5. The van der Waals surface area contributed by atoms with E-state index in [0.717, 1.165) is 35.0 Å². The number of rotatable bonds is 5. The van der Waals surface area contributed by atoms with E-state index in [1.807, 2.05) is 0 Å². The van der Waals surface area contributed by atoms with Gasteiger partial charge in [0.2, 0.25) is 0 Å². The zero-order valence-electron chi connectivity index (χ0n) is 10.7. The Hall–Kier alpha value is -2.12. The lowest BCUT2D eigenvalue weighted by Crippen LogP contribution is -2.23. The molecular weight excluding hydrogens is 251 g/mol. The lowest BCUT2D eigenvalue weighted by Gasteiger charge is -2.03. The standard InChI is InChI=1S/C11H15FN6O/c1-2-3-4-5-6-9-10(12)14-16-18(9)11(19)17-8-7-13-15-17/h7-8H,2-6H2,1H3. The molecule has 102 valence electrons. The first kappa shape index (κ1) is 13.3. The van der Waals surface area contributed by atoms with Crippen molar-refractivity contribution in [1.82, 2.24) is 30.0 Å². The predicted octanol–water partition coefficient (Wildman–Crippen LogP) is 1.65. The van der Waals surface area contributed by atoms with Gasteiger partial charge in [-0.25, -0.2) is 4.79 Å². The Bertz CT molecular complexity index is 535. The Morgan fingerprint density at radius 3 is 2.84 bits per heavy atom. The Morgan fingerprint density at radius 1 is 1.32 bits per heavy atom. The summed E-state index contributed by atoms with van der Waals surface area (Å²) in [5.74, 6) is -0.704. The molecule has 0 spiro atoms. The van der Waals surface area contributed by atoms with Crippen LogP contribution in [-0.4, -0.2) is 36.0 Å². The fourth-order valence-corrected chi connectivity index (χ4v) is 1.77. The number of carbonyl (C=O) groups is 1. The van der Waals surface area contributed by atoms with Gasteiger partial charge in [-0.2, -0.15) is 13.8 Å². The Kier molecular flexibility index (Phi) is 4.32. The minimum Gasteiger partial charge on any atom is -0.243 e. The van der Waals surface area contributed by atoms with Crippen molar-refractivity contribution < 1.29 is 9.18 Å². The van der Waals surface area contributed by atoms with E-state index in [9.17, 15) is 9.18 Å². The van der Waals surface area contributed by atoms with Crippen molar-refractivity contribution in [3.63, 3.8) is 0 Å². The van der Waals surface area contributed by atoms with Gasteiger partial charge in [0.25, 0.3) is 5.95 Å². The van der Waals surface area contributed by atoms with Crippen LogP contribution in [0.5, 0.6) is 0 Å². The third-order valence-corrected chi connectivity index (χ3v) is 2.78. The molecule has 0 aliphatic carbocycles. The largest absolute Gasteiger partial charge is 0.372 e. The summed E-state index contributed by atoms with van der Waals surface area (Å²) in [6.45, 7) is 2.10. The van der Waals surface area contributed by atoms with Gasteiger partial charge < -0.3 is 0 Å². The molecule has 0 aromatic carbocycles. The van der Waals surface area contributed by atoms with Gasteiger partial charge in [-0.15, -0.1) is 5.10 Å². The highest BCUT2D eigenvalue weighted by atomic mass is 19.1. The van der Waals surface area contributed by atoms with Crippen LogP contribution >= 0.6 is 0 Å². The second-order valence-electron chi connectivity index (χ2n) is 4.18. The van der Waals surface area contributed by atoms with Crippen LogP contribution in [0.1, 0.15) is 38.3 Å². The quantitative estimate of drug-likeness (QED) is 0.769. The van der Waals surface area contributed by atoms with Gasteiger partial charge >= 0.3 is 6.03 Å². The predicted molar refractivity (Wildman–Crippen MR) is 64.0 cm³/mol. The van der Waals surface area contributed by atoms with Crippen LogP contribution in [0.2, 0.25) is 0 Å². The molecule has 0 bridgehead atoms. The summed E-state index contributed by atoms with van der Waals surface area (Å²) in [6, 6.07) is -0.584. The molecule has 0 unspecified atom stereocenters. The normalized spacial score (nSPS) is 10.8. The van der Waals surface area contributed by atoms with E-state index in [1.165, 1.54) is 12.4 Å². The molecule has 0 radical (unpaired) electrons. The van der Waals surface area contributed by atoms with E-state index >= 15 is 0 Å². The third-order valence-electron chi connectivity index (χ3n) is 2.78. The molecule has 0 aliphatic rings. The summed E-state index contributed by atoms with van der Waals surface area (Å²) in [5.41, 5.74) is 0.191. The fourth-order valence-electron chi connectivity index (χ4n) is 1.77. The smallest absolute Gasteiger partial charge is 0.243 e. The van der Waals surface area contributed by atoms with Gasteiger partial charge in [-0.3, -0.25) is 0 Å². The van der Waals surface area contributed by atoms with E-state index in [0.29, 0.717) is 6.42 Å². The summed E-state index contributed by atoms with van der Waals surface area (Å²) in [6.07, 6.45) is 7.13. The Morgan fingerprint density at radius 2 is 2.16 bits per heavy atom. The summed E-state index contributed by atoms with van der Waals surface area (Å²) < 4.78 is 15.5. The average molecular weight is 266 g/mol. The number of aromatic nitrogens is 6.